The molecule has 0 spiro atoms. The fourth-order valence-corrected chi connectivity index (χ4v) is 3.98. The standard InChI is InChI=1S/C22H19ClN4O3S/c1-31(29,30)18-8-4-16(5-9-18)20-19-14-24-12-13-27(19)21(26-20)22(28)25-11-10-15-2-6-17(23)7-3-15/h2-9,12-14H,10-11H2,1H3,(H-,25,28,29,30). The normalized spacial score (nSPS) is 13.1. The number of carbonyl (C=O) groups is 1. The Hall–Kier alpha value is -3.07. The highest BCUT2D eigenvalue weighted by atomic mass is 35.5. The van der Waals surface area contributed by atoms with Crippen molar-refractivity contribution >= 4 is 33.2 Å². The summed E-state index contributed by atoms with van der Waals surface area (Å²) >= 11 is 5.90. The minimum Gasteiger partial charge on any atom is -0.610 e. The summed E-state index contributed by atoms with van der Waals surface area (Å²) in [5.74, 6) is -0.0788. The van der Waals surface area contributed by atoms with Crippen molar-refractivity contribution < 1.29 is 13.6 Å². The minimum absolute atomic E-state index is 0.220. The van der Waals surface area contributed by atoms with Crippen molar-refractivity contribution in [3.63, 3.8) is 0 Å². The Morgan fingerprint density at radius 3 is 2.55 bits per heavy atom. The van der Waals surface area contributed by atoms with E-state index in [2.05, 4.69) is 15.3 Å². The number of nitrogens with one attached hydrogen (secondary N) is 1. The summed E-state index contributed by atoms with van der Waals surface area (Å²) in [6.45, 7) is 0.443. The molecule has 1 atom stereocenters. The molecule has 1 N–H and O–H groups in total. The van der Waals surface area contributed by atoms with Gasteiger partial charge in [-0.3, -0.25) is 14.2 Å². The van der Waals surface area contributed by atoms with Crippen molar-refractivity contribution in [3.8, 4) is 11.3 Å². The van der Waals surface area contributed by atoms with Crippen molar-refractivity contribution in [1.29, 1.82) is 0 Å². The van der Waals surface area contributed by atoms with Crippen LogP contribution in [0, 0.1) is 0 Å². The highest BCUT2D eigenvalue weighted by molar-refractivity contribution is 7.97. The van der Waals surface area contributed by atoms with Gasteiger partial charge in [0.2, 0.25) is 5.82 Å². The lowest BCUT2D eigenvalue weighted by Gasteiger charge is -2.08. The van der Waals surface area contributed by atoms with E-state index in [4.69, 9.17) is 11.6 Å². The van der Waals surface area contributed by atoms with Crippen molar-refractivity contribution in [2.45, 2.75) is 11.3 Å². The molecule has 0 radical (unpaired) electrons. The first-order valence-corrected chi connectivity index (χ1v) is 11.7. The molecule has 0 bridgehead atoms. The third kappa shape index (κ3) is 4.66. The summed E-state index contributed by atoms with van der Waals surface area (Å²) < 4.78 is 25.1. The first kappa shape index (κ1) is 21.2. The van der Waals surface area contributed by atoms with Crippen molar-refractivity contribution in [3.05, 3.63) is 83.5 Å². The molecule has 0 aliphatic rings. The Balaban J connectivity index is 1.58. The molecule has 31 heavy (non-hydrogen) atoms. The average molecular weight is 455 g/mol. The van der Waals surface area contributed by atoms with Crippen LogP contribution in [-0.4, -0.2) is 37.6 Å². The molecule has 0 aliphatic carbocycles. The van der Waals surface area contributed by atoms with Gasteiger partial charge >= 0.3 is 0 Å². The number of fused-ring (bicyclic) bond motifs is 1. The van der Waals surface area contributed by atoms with Gasteiger partial charge in [0.15, 0.2) is 4.90 Å². The second-order valence-corrected chi connectivity index (χ2v) is 9.50. The number of sulfone groups is 1. The van der Waals surface area contributed by atoms with E-state index in [1.54, 1.807) is 35.1 Å². The molecule has 158 valence electrons. The summed E-state index contributed by atoms with van der Waals surface area (Å²) in [5, 5.41) is 3.56. The van der Waals surface area contributed by atoms with E-state index in [9.17, 15) is 13.6 Å². The largest absolute Gasteiger partial charge is 0.610 e. The van der Waals surface area contributed by atoms with Gasteiger partial charge in [-0.25, -0.2) is 4.98 Å². The van der Waals surface area contributed by atoms with Crippen LogP contribution >= 0.6 is 11.6 Å². The Morgan fingerprint density at radius 2 is 1.87 bits per heavy atom. The van der Waals surface area contributed by atoms with Gasteiger partial charge in [-0.15, -0.1) is 4.21 Å². The molecule has 1 amide bonds. The van der Waals surface area contributed by atoms with E-state index in [1.807, 2.05) is 24.3 Å². The van der Waals surface area contributed by atoms with E-state index >= 15 is 0 Å². The van der Waals surface area contributed by atoms with Crippen molar-refractivity contribution in [1.82, 2.24) is 19.7 Å². The van der Waals surface area contributed by atoms with E-state index in [0.717, 1.165) is 11.8 Å². The van der Waals surface area contributed by atoms with E-state index in [0.29, 0.717) is 34.8 Å². The van der Waals surface area contributed by atoms with Crippen molar-refractivity contribution in [2.75, 3.05) is 12.8 Å². The lowest BCUT2D eigenvalue weighted by molar-refractivity contribution is 0.0943. The Bertz CT molecular complexity index is 1280. The SMILES string of the molecule is C[S+](=O)([O-])c1ccc(-c2nc(C(=O)NCCc3ccc(Cl)cc3)n3ccncc23)cc1. The molecule has 4 rings (SSSR count). The van der Waals surface area contributed by atoms with Gasteiger partial charge in [0.05, 0.1) is 27.6 Å². The number of nitrogens with zero attached hydrogens (tertiary/aromatic N) is 3. The maximum Gasteiger partial charge on any atom is 0.287 e. The quantitative estimate of drug-likeness (QED) is 0.448. The number of halogens is 1. The minimum atomic E-state index is -3.30. The summed E-state index contributed by atoms with van der Waals surface area (Å²) in [4.78, 5) is 21.7. The molecule has 7 nitrogen and oxygen atoms in total. The van der Waals surface area contributed by atoms with Crippen LogP contribution in [-0.2, 0) is 20.8 Å². The van der Waals surface area contributed by atoms with Crippen molar-refractivity contribution in [2.24, 2.45) is 0 Å². The molecular formula is C22H19ClN4O3S. The zero-order valence-electron chi connectivity index (χ0n) is 16.6. The monoisotopic (exact) mass is 454 g/mol. The van der Waals surface area contributed by atoms with Crippen LogP contribution in [0.5, 0.6) is 0 Å². The smallest absolute Gasteiger partial charge is 0.287 e. The van der Waals surface area contributed by atoms with Gasteiger partial charge in [-0.05, 0) is 48.4 Å². The van der Waals surface area contributed by atoms with Gasteiger partial charge in [0.25, 0.3) is 5.91 Å². The van der Waals surface area contributed by atoms with Crippen LogP contribution in [0.2, 0.25) is 5.02 Å². The number of hydrogen-bond donors (Lipinski definition) is 1. The van der Waals surface area contributed by atoms with E-state index < -0.39 is 10.2 Å². The fourth-order valence-electron chi connectivity index (χ4n) is 3.22. The zero-order chi connectivity index (χ0) is 22.0. The molecule has 4 aromatic rings. The number of benzene rings is 2. The molecule has 0 saturated heterocycles. The topological polar surface area (TPSA) is 99.4 Å². The molecule has 2 aromatic heterocycles. The first-order valence-electron chi connectivity index (χ1n) is 9.48. The maximum absolute atomic E-state index is 12.8. The van der Waals surface area contributed by atoms with E-state index in [-0.39, 0.29) is 16.6 Å². The van der Waals surface area contributed by atoms with Crippen LogP contribution in [0.3, 0.4) is 0 Å². The Kier molecular flexibility index (Phi) is 5.86. The number of aromatic nitrogens is 3. The average Bonchev–Trinajstić information content (AvgIpc) is 3.14. The third-order valence-corrected chi connectivity index (χ3v) is 6.20. The van der Waals surface area contributed by atoms with Gasteiger partial charge in [-0.2, -0.15) is 0 Å². The van der Waals surface area contributed by atoms with Crippen LogP contribution in [0.4, 0.5) is 0 Å². The second kappa shape index (κ2) is 8.58. The molecular weight excluding hydrogens is 436 g/mol. The maximum atomic E-state index is 12.8. The highest BCUT2D eigenvalue weighted by Crippen LogP contribution is 2.26. The Morgan fingerprint density at radius 1 is 1.16 bits per heavy atom. The van der Waals surface area contributed by atoms with Gasteiger partial charge in [0.1, 0.15) is 6.26 Å². The lowest BCUT2D eigenvalue weighted by atomic mass is 10.1. The van der Waals surface area contributed by atoms with Gasteiger partial charge < -0.3 is 9.87 Å². The molecule has 9 heteroatoms. The number of carbonyl (C=O) groups excluding carboxylic acids is 1. The predicted molar refractivity (Wildman–Crippen MR) is 119 cm³/mol. The van der Waals surface area contributed by atoms with Gasteiger partial charge in [-0.1, -0.05) is 23.7 Å². The molecule has 2 aromatic carbocycles. The number of imidazole rings is 1. The summed E-state index contributed by atoms with van der Waals surface area (Å²) in [6, 6.07) is 13.9. The molecule has 2 heterocycles. The zero-order valence-corrected chi connectivity index (χ0v) is 18.2. The van der Waals surface area contributed by atoms with Crippen LogP contribution in [0.1, 0.15) is 16.2 Å². The van der Waals surface area contributed by atoms with Crippen LogP contribution in [0.15, 0.2) is 72.0 Å². The van der Waals surface area contributed by atoms with Crippen LogP contribution in [0.25, 0.3) is 16.8 Å². The second-order valence-electron chi connectivity index (χ2n) is 7.04. The predicted octanol–water partition coefficient (Wildman–Crippen LogP) is 3.64. The molecule has 0 aliphatic heterocycles. The number of rotatable bonds is 6. The summed E-state index contributed by atoms with van der Waals surface area (Å²) in [6.07, 6.45) is 6.69. The number of hydrogen-bond acceptors (Lipinski definition) is 5. The Labute approximate surface area is 185 Å². The fraction of sp³-hybridized carbons (Fsp3) is 0.136. The molecule has 0 fully saturated rings. The summed E-state index contributed by atoms with van der Waals surface area (Å²) in [7, 11) is -3.30. The number of amides is 1. The van der Waals surface area contributed by atoms with Crippen LogP contribution < -0.4 is 5.32 Å². The lowest BCUT2D eigenvalue weighted by Crippen LogP contribution is -2.27. The summed E-state index contributed by atoms with van der Waals surface area (Å²) in [5.41, 5.74) is 2.96. The third-order valence-electron chi connectivity index (χ3n) is 4.82. The van der Waals surface area contributed by atoms with E-state index in [1.165, 1.54) is 12.1 Å². The highest BCUT2D eigenvalue weighted by Gasteiger charge is 2.19. The first-order chi connectivity index (χ1) is 14.8. The molecule has 1 unspecified atom stereocenters. The van der Waals surface area contributed by atoms with Gasteiger partial charge in [0, 0.05) is 29.5 Å². The molecule has 0 saturated carbocycles.